The molecule has 11 heteroatoms. The molecule has 0 fully saturated rings. The number of anilines is 1. The van der Waals surface area contributed by atoms with Gasteiger partial charge in [-0.25, -0.2) is 21.6 Å². The van der Waals surface area contributed by atoms with Gasteiger partial charge < -0.3 is 10.4 Å². The maximum Gasteiger partial charge on any atom is 0.324 e. The molecule has 3 N–H and O–H groups in total. The number of hydrogen-bond acceptors (Lipinski definition) is 4. The fourth-order valence-corrected chi connectivity index (χ4v) is 3.45. The Hall–Kier alpha value is -2.92. The van der Waals surface area contributed by atoms with E-state index in [1.807, 2.05) is 4.72 Å². The van der Waals surface area contributed by atoms with Gasteiger partial charge in [0.2, 0.25) is 10.0 Å². The first-order valence-corrected chi connectivity index (χ1v) is 9.15. The van der Waals surface area contributed by atoms with Crippen molar-refractivity contribution in [3.63, 3.8) is 0 Å². The first-order chi connectivity index (χ1) is 12.8. The summed E-state index contributed by atoms with van der Waals surface area (Å²) in [5.41, 5.74) is -2.73. The molecule has 0 saturated carbocycles. The van der Waals surface area contributed by atoms with Crippen LogP contribution in [0.4, 0.5) is 18.9 Å². The van der Waals surface area contributed by atoms with Crippen LogP contribution < -0.4 is 10.0 Å². The predicted octanol–water partition coefficient (Wildman–Crippen LogP) is 2.50. The normalized spacial score (nSPS) is 11.9. The summed E-state index contributed by atoms with van der Waals surface area (Å²) in [6, 6.07) is 4.71. The Morgan fingerprint density at radius 2 is 1.57 bits per heavy atom. The Morgan fingerprint density at radius 1 is 0.964 bits per heavy atom. The lowest BCUT2D eigenvalue weighted by molar-refractivity contribution is -0.142. The first kappa shape index (κ1) is 21.4. The molecule has 0 aromatic heterocycles. The number of rotatable bonds is 6. The van der Waals surface area contributed by atoms with Crippen LogP contribution in [0.2, 0.25) is 0 Å². The molecule has 0 aliphatic rings. The maximum atomic E-state index is 14.0. The highest BCUT2D eigenvalue weighted by Gasteiger charge is 2.33. The van der Waals surface area contributed by atoms with Gasteiger partial charge in [-0.15, -0.1) is 0 Å². The lowest BCUT2D eigenvalue weighted by Gasteiger charge is -2.21. The molecule has 0 atom stereocenters. The molecule has 0 radical (unpaired) electrons. The third-order valence-electron chi connectivity index (χ3n) is 3.59. The van der Waals surface area contributed by atoms with E-state index in [4.69, 9.17) is 5.11 Å². The van der Waals surface area contributed by atoms with Crippen molar-refractivity contribution in [1.29, 1.82) is 0 Å². The molecule has 0 spiro atoms. The van der Waals surface area contributed by atoms with Crippen LogP contribution in [0.3, 0.4) is 0 Å². The van der Waals surface area contributed by atoms with Gasteiger partial charge >= 0.3 is 5.97 Å². The molecule has 1 amide bonds. The highest BCUT2D eigenvalue weighted by Crippen LogP contribution is 2.20. The zero-order chi connectivity index (χ0) is 21.3. The molecule has 0 aliphatic carbocycles. The molecule has 0 saturated heterocycles. The second-order valence-electron chi connectivity index (χ2n) is 6.26. The van der Waals surface area contributed by atoms with Crippen molar-refractivity contribution in [3.05, 3.63) is 59.4 Å². The summed E-state index contributed by atoms with van der Waals surface area (Å²) in [4.78, 5) is 22.8. The van der Waals surface area contributed by atoms with E-state index in [9.17, 15) is 31.2 Å². The minimum atomic E-state index is -4.41. The fraction of sp³-hybridized carbons (Fsp3) is 0.176. The van der Waals surface area contributed by atoms with Crippen molar-refractivity contribution in [3.8, 4) is 0 Å². The number of nitrogens with one attached hydrogen (secondary N) is 2. The molecular formula is C17H15F3N2O5S. The molecule has 7 nitrogen and oxygen atoms in total. The summed E-state index contributed by atoms with van der Waals surface area (Å²) >= 11 is 0. The van der Waals surface area contributed by atoms with Crippen molar-refractivity contribution < 1.29 is 36.3 Å². The minimum absolute atomic E-state index is 0.179. The number of aliphatic carboxylic acids is 1. The van der Waals surface area contributed by atoms with Gasteiger partial charge in [0.05, 0.1) is 10.5 Å². The molecule has 0 unspecified atom stereocenters. The summed E-state index contributed by atoms with van der Waals surface area (Å²) < 4.78 is 66.8. The Kier molecular flexibility index (Phi) is 5.80. The van der Waals surface area contributed by atoms with E-state index in [0.717, 1.165) is 32.0 Å². The molecule has 2 aromatic rings. The van der Waals surface area contributed by atoms with Crippen LogP contribution in [-0.2, 0) is 14.8 Å². The number of sulfonamides is 1. The largest absolute Gasteiger partial charge is 0.480 e. The number of carboxylic acid groups (broad SMARTS) is 1. The molecular weight excluding hydrogens is 401 g/mol. The number of carbonyl (C=O) groups is 2. The summed E-state index contributed by atoms with van der Waals surface area (Å²) in [6.07, 6.45) is 0. The third kappa shape index (κ3) is 4.67. The first-order valence-electron chi connectivity index (χ1n) is 7.67. The van der Waals surface area contributed by atoms with Crippen molar-refractivity contribution in [2.45, 2.75) is 24.3 Å². The van der Waals surface area contributed by atoms with E-state index < -0.39 is 55.3 Å². The monoisotopic (exact) mass is 416 g/mol. The lowest BCUT2D eigenvalue weighted by Crippen LogP contribution is -2.49. The standard InChI is InChI=1S/C17H15F3N2O5S/c1-17(2,16(24)25)22-28(26,27)10-4-6-12(18)11(8-10)15(23)21-9-3-5-13(19)14(20)7-9/h3-8,22H,1-2H3,(H,21,23)(H,24,25). The Labute approximate surface area is 158 Å². The van der Waals surface area contributed by atoms with Gasteiger partial charge in [0, 0.05) is 11.8 Å². The van der Waals surface area contributed by atoms with E-state index >= 15 is 0 Å². The molecule has 2 rings (SSSR count). The van der Waals surface area contributed by atoms with Crippen LogP contribution >= 0.6 is 0 Å². The number of halogens is 3. The third-order valence-corrected chi connectivity index (χ3v) is 5.25. The van der Waals surface area contributed by atoms with Gasteiger partial charge in [0.15, 0.2) is 11.6 Å². The maximum absolute atomic E-state index is 14.0. The minimum Gasteiger partial charge on any atom is -0.480 e. The zero-order valence-electron chi connectivity index (χ0n) is 14.6. The van der Waals surface area contributed by atoms with Crippen LogP contribution in [0.1, 0.15) is 24.2 Å². The molecule has 0 heterocycles. The van der Waals surface area contributed by atoms with Crippen molar-refractivity contribution in [2.75, 3.05) is 5.32 Å². The smallest absolute Gasteiger partial charge is 0.324 e. The average Bonchev–Trinajstić information content (AvgIpc) is 2.57. The Balaban J connectivity index is 2.35. The van der Waals surface area contributed by atoms with Gasteiger partial charge in [0.25, 0.3) is 5.91 Å². The van der Waals surface area contributed by atoms with Crippen molar-refractivity contribution in [2.24, 2.45) is 0 Å². The summed E-state index contributed by atoms with van der Waals surface area (Å²) in [5.74, 6) is -6.02. The predicted molar refractivity (Wildman–Crippen MR) is 92.7 cm³/mol. The second-order valence-corrected chi connectivity index (χ2v) is 7.94. The lowest BCUT2D eigenvalue weighted by atomic mass is 10.1. The van der Waals surface area contributed by atoms with Gasteiger partial charge in [-0.2, -0.15) is 4.72 Å². The van der Waals surface area contributed by atoms with Crippen molar-refractivity contribution in [1.82, 2.24) is 4.72 Å². The van der Waals surface area contributed by atoms with Gasteiger partial charge in [-0.05, 0) is 44.2 Å². The quantitative estimate of drug-likeness (QED) is 0.670. The topological polar surface area (TPSA) is 113 Å². The van der Waals surface area contributed by atoms with Crippen LogP contribution in [-0.4, -0.2) is 30.9 Å². The molecule has 0 aliphatic heterocycles. The fourth-order valence-electron chi connectivity index (χ4n) is 2.06. The number of carbonyl (C=O) groups excluding carboxylic acids is 1. The van der Waals surface area contributed by atoms with Gasteiger partial charge in [-0.3, -0.25) is 9.59 Å². The number of benzene rings is 2. The van der Waals surface area contributed by atoms with E-state index in [0.29, 0.717) is 18.2 Å². The van der Waals surface area contributed by atoms with Crippen LogP contribution in [0.15, 0.2) is 41.3 Å². The molecule has 2 aromatic carbocycles. The highest BCUT2D eigenvalue weighted by atomic mass is 32.2. The van der Waals surface area contributed by atoms with Crippen LogP contribution in [0, 0.1) is 17.5 Å². The molecule has 150 valence electrons. The number of amides is 1. The Morgan fingerprint density at radius 3 is 2.14 bits per heavy atom. The average molecular weight is 416 g/mol. The molecule has 0 bridgehead atoms. The second kappa shape index (κ2) is 7.60. The Bertz CT molecular complexity index is 1050. The summed E-state index contributed by atoms with van der Waals surface area (Å²) in [5, 5.41) is 11.2. The SMILES string of the molecule is CC(C)(NS(=O)(=O)c1ccc(F)c(C(=O)Nc2ccc(F)c(F)c2)c1)C(=O)O. The van der Waals surface area contributed by atoms with E-state index in [1.54, 1.807) is 0 Å². The van der Waals surface area contributed by atoms with Crippen LogP contribution in [0.25, 0.3) is 0 Å². The van der Waals surface area contributed by atoms with E-state index in [2.05, 4.69) is 5.32 Å². The van der Waals surface area contributed by atoms with E-state index in [-0.39, 0.29) is 5.69 Å². The van der Waals surface area contributed by atoms with Gasteiger partial charge in [-0.1, -0.05) is 0 Å². The van der Waals surface area contributed by atoms with Crippen LogP contribution in [0.5, 0.6) is 0 Å². The van der Waals surface area contributed by atoms with Crippen molar-refractivity contribution >= 4 is 27.6 Å². The van der Waals surface area contributed by atoms with Gasteiger partial charge in [0.1, 0.15) is 11.4 Å². The van der Waals surface area contributed by atoms with E-state index in [1.165, 1.54) is 0 Å². The summed E-state index contributed by atoms with van der Waals surface area (Å²) in [6.45, 7) is 2.21. The zero-order valence-corrected chi connectivity index (χ0v) is 15.4. The molecule has 28 heavy (non-hydrogen) atoms. The highest BCUT2D eigenvalue weighted by molar-refractivity contribution is 7.89. The number of hydrogen-bond donors (Lipinski definition) is 3. The number of carboxylic acids is 1. The summed E-state index contributed by atoms with van der Waals surface area (Å²) in [7, 11) is -4.41.